The number of nitrogens with zero attached hydrogens (tertiary/aromatic N) is 2. The molecule has 2 rings (SSSR count). The van der Waals surface area contributed by atoms with Crippen LogP contribution in [-0.2, 0) is 4.79 Å². The van der Waals surface area contributed by atoms with Gasteiger partial charge < -0.3 is 15.5 Å². The lowest BCUT2D eigenvalue weighted by atomic mass is 10.3. The van der Waals surface area contributed by atoms with E-state index in [1.54, 1.807) is 0 Å². The van der Waals surface area contributed by atoms with Crippen molar-refractivity contribution in [2.45, 2.75) is 39.0 Å². The molecule has 20 heavy (non-hydrogen) atoms. The van der Waals surface area contributed by atoms with E-state index in [4.69, 9.17) is 0 Å². The van der Waals surface area contributed by atoms with Crippen molar-refractivity contribution < 1.29 is 4.79 Å². The van der Waals surface area contributed by atoms with E-state index >= 15 is 0 Å². The Bertz CT molecular complexity index is 325. The highest BCUT2D eigenvalue weighted by Crippen LogP contribution is 2.31. The summed E-state index contributed by atoms with van der Waals surface area (Å²) < 4.78 is 0. The lowest BCUT2D eigenvalue weighted by Gasteiger charge is -2.15. The smallest absolute Gasteiger partial charge is 0.244 e. The molecule has 1 saturated carbocycles. The average molecular weight is 394 g/mol. The predicted molar refractivity (Wildman–Crippen MR) is 92.6 cm³/mol. The highest BCUT2D eigenvalue weighted by molar-refractivity contribution is 14.0. The molecule has 0 spiro atoms. The Hall–Kier alpha value is -0.530. The SMILES string of the molecule is CCNC(=NCC(=O)N1CCCC1)NCCC1CC1.I. The molecule has 0 aromatic heterocycles. The number of carbonyl (C=O) groups excluding carboxylic acids is 1. The van der Waals surface area contributed by atoms with Gasteiger partial charge in [-0.2, -0.15) is 0 Å². The van der Waals surface area contributed by atoms with Crippen molar-refractivity contribution in [3.63, 3.8) is 0 Å². The van der Waals surface area contributed by atoms with Crippen LogP contribution in [0.25, 0.3) is 0 Å². The van der Waals surface area contributed by atoms with E-state index in [0.29, 0.717) is 0 Å². The zero-order chi connectivity index (χ0) is 13.5. The summed E-state index contributed by atoms with van der Waals surface area (Å²) in [5.74, 6) is 1.84. The molecule has 0 radical (unpaired) electrons. The van der Waals surface area contributed by atoms with Gasteiger partial charge in [0.1, 0.15) is 6.54 Å². The highest BCUT2D eigenvalue weighted by Gasteiger charge is 2.20. The fourth-order valence-corrected chi connectivity index (χ4v) is 2.36. The maximum absolute atomic E-state index is 11.9. The molecule has 0 unspecified atom stereocenters. The maximum atomic E-state index is 11.9. The summed E-state index contributed by atoms with van der Waals surface area (Å²) in [7, 11) is 0. The quantitative estimate of drug-likeness (QED) is 0.409. The molecule has 1 aliphatic carbocycles. The van der Waals surface area contributed by atoms with Crippen LogP contribution in [-0.4, -0.2) is 49.5 Å². The number of hydrogen-bond acceptors (Lipinski definition) is 2. The summed E-state index contributed by atoms with van der Waals surface area (Å²) in [6.45, 7) is 5.89. The molecule has 1 aliphatic heterocycles. The van der Waals surface area contributed by atoms with Crippen LogP contribution in [0.2, 0.25) is 0 Å². The van der Waals surface area contributed by atoms with Gasteiger partial charge in [-0.15, -0.1) is 24.0 Å². The van der Waals surface area contributed by atoms with E-state index < -0.39 is 0 Å². The Morgan fingerprint density at radius 3 is 2.55 bits per heavy atom. The number of guanidine groups is 1. The van der Waals surface area contributed by atoms with Gasteiger partial charge in [0, 0.05) is 26.2 Å². The van der Waals surface area contributed by atoms with E-state index in [1.165, 1.54) is 19.3 Å². The summed E-state index contributed by atoms with van der Waals surface area (Å²) >= 11 is 0. The molecule has 2 fully saturated rings. The number of rotatable bonds is 6. The standard InChI is InChI=1S/C14H26N4O.HI/c1-2-15-14(16-8-7-12-5-6-12)17-11-13(19)18-9-3-4-10-18;/h12H,2-11H2,1H3,(H2,15,16,17);1H. The first-order valence-electron chi connectivity index (χ1n) is 7.59. The third kappa shape index (κ3) is 6.28. The predicted octanol–water partition coefficient (Wildman–Crippen LogP) is 1.58. The van der Waals surface area contributed by atoms with Gasteiger partial charge in [-0.05, 0) is 32.1 Å². The summed E-state index contributed by atoms with van der Waals surface area (Å²) in [4.78, 5) is 18.2. The van der Waals surface area contributed by atoms with Gasteiger partial charge >= 0.3 is 0 Å². The van der Waals surface area contributed by atoms with E-state index in [9.17, 15) is 4.79 Å². The van der Waals surface area contributed by atoms with Crippen LogP contribution >= 0.6 is 24.0 Å². The summed E-state index contributed by atoms with van der Waals surface area (Å²) in [5, 5.41) is 6.50. The normalized spacial score (nSPS) is 18.6. The lowest BCUT2D eigenvalue weighted by molar-refractivity contribution is -0.128. The van der Waals surface area contributed by atoms with Crippen LogP contribution in [0.3, 0.4) is 0 Å². The second-order valence-electron chi connectivity index (χ2n) is 5.44. The summed E-state index contributed by atoms with van der Waals surface area (Å²) in [5.41, 5.74) is 0. The van der Waals surface area contributed by atoms with Crippen molar-refractivity contribution in [2.75, 3.05) is 32.7 Å². The van der Waals surface area contributed by atoms with Crippen molar-refractivity contribution in [2.24, 2.45) is 10.9 Å². The number of likely N-dealkylation sites (tertiary alicyclic amines) is 1. The van der Waals surface area contributed by atoms with E-state index in [-0.39, 0.29) is 36.4 Å². The number of nitrogens with one attached hydrogen (secondary N) is 2. The fourth-order valence-electron chi connectivity index (χ4n) is 2.36. The molecule has 1 amide bonds. The molecule has 1 saturated heterocycles. The van der Waals surface area contributed by atoms with E-state index in [1.807, 2.05) is 11.8 Å². The van der Waals surface area contributed by atoms with Gasteiger partial charge in [-0.3, -0.25) is 4.79 Å². The molecule has 6 heteroatoms. The molecule has 5 nitrogen and oxygen atoms in total. The molecule has 0 bridgehead atoms. The summed E-state index contributed by atoms with van der Waals surface area (Å²) in [6, 6.07) is 0. The first-order valence-corrected chi connectivity index (χ1v) is 7.59. The Morgan fingerprint density at radius 2 is 1.95 bits per heavy atom. The first-order chi connectivity index (χ1) is 9.29. The van der Waals surface area contributed by atoms with Crippen molar-refractivity contribution in [1.82, 2.24) is 15.5 Å². The van der Waals surface area contributed by atoms with Gasteiger partial charge in [-0.25, -0.2) is 4.99 Å². The third-order valence-corrected chi connectivity index (χ3v) is 3.72. The monoisotopic (exact) mass is 394 g/mol. The number of carbonyl (C=O) groups is 1. The molecule has 2 aliphatic rings. The lowest BCUT2D eigenvalue weighted by Crippen LogP contribution is -2.39. The molecule has 116 valence electrons. The zero-order valence-corrected chi connectivity index (χ0v) is 14.7. The molecular formula is C14H27IN4O. The Morgan fingerprint density at radius 1 is 1.25 bits per heavy atom. The van der Waals surface area contributed by atoms with Crippen LogP contribution in [0, 0.1) is 5.92 Å². The number of amides is 1. The maximum Gasteiger partial charge on any atom is 0.244 e. The van der Waals surface area contributed by atoms with Crippen LogP contribution in [0.15, 0.2) is 4.99 Å². The molecule has 0 aromatic carbocycles. The van der Waals surface area contributed by atoms with Crippen molar-refractivity contribution in [3.8, 4) is 0 Å². The van der Waals surface area contributed by atoms with Gasteiger partial charge in [-0.1, -0.05) is 12.8 Å². The molecule has 0 aromatic rings. The average Bonchev–Trinajstić information content (AvgIpc) is 3.06. The Kier molecular flexibility index (Phi) is 8.25. The van der Waals surface area contributed by atoms with Crippen LogP contribution in [0.5, 0.6) is 0 Å². The summed E-state index contributed by atoms with van der Waals surface area (Å²) in [6.07, 6.45) is 6.24. The topological polar surface area (TPSA) is 56.7 Å². The molecule has 2 N–H and O–H groups in total. The number of aliphatic imine (C=N–C) groups is 1. The van der Waals surface area contributed by atoms with Crippen molar-refractivity contribution in [1.29, 1.82) is 0 Å². The van der Waals surface area contributed by atoms with Crippen molar-refractivity contribution >= 4 is 35.8 Å². The minimum absolute atomic E-state index is 0. The Labute approximate surface area is 139 Å². The van der Waals surface area contributed by atoms with Crippen LogP contribution in [0.4, 0.5) is 0 Å². The Balaban J connectivity index is 0.00000200. The van der Waals surface area contributed by atoms with Gasteiger partial charge in [0.15, 0.2) is 5.96 Å². The minimum atomic E-state index is 0. The molecular weight excluding hydrogens is 367 g/mol. The third-order valence-electron chi connectivity index (χ3n) is 3.72. The van der Waals surface area contributed by atoms with Crippen molar-refractivity contribution in [3.05, 3.63) is 0 Å². The van der Waals surface area contributed by atoms with Crippen LogP contribution < -0.4 is 10.6 Å². The largest absolute Gasteiger partial charge is 0.357 e. The minimum Gasteiger partial charge on any atom is -0.357 e. The number of hydrogen-bond donors (Lipinski definition) is 2. The molecule has 1 heterocycles. The molecule has 0 atom stereocenters. The number of halogens is 1. The second kappa shape index (κ2) is 9.41. The van der Waals surface area contributed by atoms with Crippen LogP contribution in [0.1, 0.15) is 39.0 Å². The van der Waals surface area contributed by atoms with E-state index in [2.05, 4.69) is 15.6 Å². The zero-order valence-electron chi connectivity index (χ0n) is 12.4. The van der Waals surface area contributed by atoms with E-state index in [0.717, 1.165) is 50.9 Å². The van der Waals surface area contributed by atoms with Gasteiger partial charge in [0.25, 0.3) is 0 Å². The fraction of sp³-hybridized carbons (Fsp3) is 0.857. The van der Waals surface area contributed by atoms with Gasteiger partial charge in [0.05, 0.1) is 0 Å². The highest BCUT2D eigenvalue weighted by atomic mass is 127. The van der Waals surface area contributed by atoms with Gasteiger partial charge in [0.2, 0.25) is 5.91 Å². The first kappa shape index (κ1) is 17.5. The second-order valence-corrected chi connectivity index (χ2v) is 5.44.